The van der Waals surface area contributed by atoms with Gasteiger partial charge in [-0.3, -0.25) is 4.79 Å². The van der Waals surface area contributed by atoms with Crippen molar-refractivity contribution in [2.75, 3.05) is 13.7 Å². The molecule has 0 saturated carbocycles. The smallest absolute Gasteiger partial charge is 0.305 e. The molecule has 3 atom stereocenters. The van der Waals surface area contributed by atoms with Crippen LogP contribution >= 0.6 is 0 Å². The number of nitrogens with one attached hydrogen (secondary N) is 1. The highest BCUT2D eigenvalue weighted by Gasteiger charge is 2.25. The Hall–Kier alpha value is -1.63. The van der Waals surface area contributed by atoms with Crippen LogP contribution in [0.2, 0.25) is 0 Å². The van der Waals surface area contributed by atoms with E-state index in [1.165, 1.54) is 0 Å². The minimum absolute atomic E-state index is 0.109. The lowest BCUT2D eigenvalue weighted by Gasteiger charge is -2.27. The van der Waals surface area contributed by atoms with Crippen LogP contribution in [0, 0.1) is 0 Å². The van der Waals surface area contributed by atoms with Crippen molar-refractivity contribution in [1.29, 1.82) is 0 Å². The van der Waals surface area contributed by atoms with Gasteiger partial charge in [-0.25, -0.2) is 0 Å². The van der Waals surface area contributed by atoms with Crippen LogP contribution in [0.3, 0.4) is 0 Å². The molecular formula is C15H23NO5. The van der Waals surface area contributed by atoms with Crippen molar-refractivity contribution in [1.82, 2.24) is 5.32 Å². The van der Waals surface area contributed by atoms with Crippen molar-refractivity contribution in [3.05, 3.63) is 29.8 Å². The number of carboxylic acids is 1. The molecule has 0 aromatic heterocycles. The summed E-state index contributed by atoms with van der Waals surface area (Å²) in [5, 5.41) is 31.6. The van der Waals surface area contributed by atoms with Gasteiger partial charge in [-0.2, -0.15) is 0 Å². The number of hydrogen-bond acceptors (Lipinski definition) is 5. The highest BCUT2D eigenvalue weighted by molar-refractivity contribution is 5.67. The van der Waals surface area contributed by atoms with Crippen LogP contribution in [0.5, 0.6) is 5.75 Å². The Bertz CT molecular complexity index is 430. The summed E-state index contributed by atoms with van der Waals surface area (Å²) in [5.41, 5.74) is 0.599. The zero-order valence-electron chi connectivity index (χ0n) is 12.3. The average Bonchev–Trinajstić information content (AvgIpc) is 2.50. The molecule has 1 aromatic carbocycles. The van der Waals surface area contributed by atoms with Crippen LogP contribution in [0.15, 0.2) is 24.3 Å². The van der Waals surface area contributed by atoms with E-state index in [1.54, 1.807) is 31.4 Å². The zero-order valence-corrected chi connectivity index (χ0v) is 12.3. The molecule has 0 fully saturated rings. The molecule has 0 amide bonds. The lowest BCUT2D eigenvalue weighted by Crippen LogP contribution is -2.44. The summed E-state index contributed by atoms with van der Waals surface area (Å²) in [4.78, 5) is 11.0. The van der Waals surface area contributed by atoms with E-state index in [2.05, 4.69) is 5.32 Å². The summed E-state index contributed by atoms with van der Waals surface area (Å²) < 4.78 is 5.05. The fourth-order valence-electron chi connectivity index (χ4n) is 2.09. The molecule has 6 nitrogen and oxygen atoms in total. The van der Waals surface area contributed by atoms with Crippen molar-refractivity contribution in [2.45, 2.75) is 38.0 Å². The first-order valence-electron chi connectivity index (χ1n) is 6.92. The van der Waals surface area contributed by atoms with Gasteiger partial charge in [0.25, 0.3) is 0 Å². The maximum absolute atomic E-state index is 11.0. The van der Waals surface area contributed by atoms with Gasteiger partial charge >= 0.3 is 5.97 Å². The van der Waals surface area contributed by atoms with Crippen molar-refractivity contribution in [3.63, 3.8) is 0 Å². The predicted molar refractivity (Wildman–Crippen MR) is 78.3 cm³/mol. The molecule has 3 unspecified atom stereocenters. The van der Waals surface area contributed by atoms with E-state index >= 15 is 0 Å². The first-order valence-corrected chi connectivity index (χ1v) is 6.92. The number of carboxylic acid groups (broad SMARTS) is 1. The Morgan fingerprint density at radius 2 is 1.95 bits per heavy atom. The molecule has 1 rings (SSSR count). The minimum atomic E-state index is -1.01. The quantitative estimate of drug-likeness (QED) is 0.541. The molecule has 1 aromatic rings. The third-order valence-corrected chi connectivity index (χ3v) is 3.40. The predicted octanol–water partition coefficient (Wildman–Crippen LogP) is 0.932. The van der Waals surface area contributed by atoms with Crippen LogP contribution in [-0.4, -0.2) is 47.1 Å². The Labute approximate surface area is 124 Å². The lowest BCUT2D eigenvalue weighted by atomic mass is 9.98. The second kappa shape index (κ2) is 8.61. The highest BCUT2D eigenvalue weighted by atomic mass is 16.5. The number of methoxy groups -OCH3 is 1. The summed E-state index contributed by atoms with van der Waals surface area (Å²) >= 11 is 0. The summed E-state index contributed by atoms with van der Waals surface area (Å²) in [6.45, 7) is 1.77. The molecule has 21 heavy (non-hydrogen) atoms. The number of aliphatic hydroxyl groups excluding tert-OH is 2. The maximum Gasteiger partial charge on any atom is 0.305 e. The zero-order chi connectivity index (χ0) is 15.8. The number of hydrogen-bond donors (Lipinski definition) is 4. The van der Waals surface area contributed by atoms with Gasteiger partial charge in [-0.15, -0.1) is 0 Å². The molecule has 118 valence electrons. The van der Waals surface area contributed by atoms with Crippen molar-refractivity contribution in [2.24, 2.45) is 0 Å². The topological polar surface area (TPSA) is 99.0 Å². The van der Waals surface area contributed by atoms with E-state index in [9.17, 15) is 15.0 Å². The van der Waals surface area contributed by atoms with Gasteiger partial charge in [-0.05, 0) is 24.1 Å². The maximum atomic E-state index is 11.0. The number of ether oxygens (including phenoxy) is 1. The van der Waals surface area contributed by atoms with Crippen LogP contribution in [0.25, 0.3) is 0 Å². The number of carbonyl (C=O) groups is 1. The lowest BCUT2D eigenvalue weighted by molar-refractivity contribution is -0.138. The summed E-state index contributed by atoms with van der Waals surface area (Å²) in [6.07, 6.45) is -0.571. The summed E-state index contributed by atoms with van der Waals surface area (Å²) in [5.74, 6) is -0.344. The normalized spacial score (nSPS) is 15.2. The average molecular weight is 297 g/mol. The molecule has 0 aliphatic carbocycles. The molecule has 4 N–H and O–H groups in total. The van der Waals surface area contributed by atoms with Gasteiger partial charge in [0, 0.05) is 12.1 Å². The van der Waals surface area contributed by atoms with E-state index in [0.29, 0.717) is 17.7 Å². The van der Waals surface area contributed by atoms with Gasteiger partial charge in [0.1, 0.15) is 5.75 Å². The molecule has 0 spiro atoms. The third kappa shape index (κ3) is 5.34. The van der Waals surface area contributed by atoms with Gasteiger partial charge in [0.15, 0.2) is 0 Å². The molecule has 0 aliphatic heterocycles. The van der Waals surface area contributed by atoms with E-state index in [0.717, 1.165) is 0 Å². The van der Waals surface area contributed by atoms with Crippen molar-refractivity contribution < 1.29 is 24.9 Å². The van der Waals surface area contributed by atoms with E-state index in [4.69, 9.17) is 9.84 Å². The van der Waals surface area contributed by atoms with Crippen LogP contribution in [-0.2, 0) is 4.79 Å². The molecule has 0 saturated heterocycles. The van der Waals surface area contributed by atoms with Crippen LogP contribution in [0.4, 0.5) is 0 Å². The second-order valence-electron chi connectivity index (χ2n) is 4.88. The fourth-order valence-corrected chi connectivity index (χ4v) is 2.09. The van der Waals surface area contributed by atoms with E-state index in [1.807, 2.05) is 6.92 Å². The second-order valence-corrected chi connectivity index (χ2v) is 4.88. The summed E-state index contributed by atoms with van der Waals surface area (Å²) in [6, 6.07) is 5.88. The van der Waals surface area contributed by atoms with E-state index < -0.39 is 18.1 Å². The molecule has 0 bridgehead atoms. The first-order chi connectivity index (χ1) is 10.0. The standard InChI is InChI=1S/C15H23NO5/c1-3-11(9-17)16-13(8-14(18)19)15(20)10-4-6-12(21-2)7-5-10/h4-7,11,13,15-17,20H,3,8-9H2,1-2H3,(H,18,19). The third-order valence-electron chi connectivity index (χ3n) is 3.40. The Balaban J connectivity index is 2.86. The number of rotatable bonds is 9. The molecule has 0 heterocycles. The Morgan fingerprint density at radius 1 is 1.33 bits per heavy atom. The number of aliphatic hydroxyl groups is 2. The van der Waals surface area contributed by atoms with Crippen LogP contribution in [0.1, 0.15) is 31.4 Å². The monoisotopic (exact) mass is 297 g/mol. The van der Waals surface area contributed by atoms with Gasteiger partial charge in [0.2, 0.25) is 0 Å². The fraction of sp³-hybridized carbons (Fsp3) is 0.533. The summed E-state index contributed by atoms with van der Waals surface area (Å²) in [7, 11) is 1.55. The Morgan fingerprint density at radius 3 is 2.38 bits per heavy atom. The van der Waals surface area contributed by atoms with Crippen LogP contribution < -0.4 is 10.1 Å². The van der Waals surface area contributed by atoms with Crippen molar-refractivity contribution >= 4 is 5.97 Å². The highest BCUT2D eigenvalue weighted by Crippen LogP contribution is 2.22. The molecule has 6 heteroatoms. The minimum Gasteiger partial charge on any atom is -0.497 e. The molecule has 0 aliphatic rings. The van der Waals surface area contributed by atoms with Gasteiger partial charge < -0.3 is 25.4 Å². The largest absolute Gasteiger partial charge is 0.497 e. The van der Waals surface area contributed by atoms with Gasteiger partial charge in [-0.1, -0.05) is 19.1 Å². The molecule has 0 radical (unpaired) electrons. The van der Waals surface area contributed by atoms with Gasteiger partial charge in [0.05, 0.1) is 26.2 Å². The van der Waals surface area contributed by atoms with Crippen molar-refractivity contribution in [3.8, 4) is 5.75 Å². The Kier molecular flexibility index (Phi) is 7.14. The number of aliphatic carboxylic acids is 1. The first kappa shape index (κ1) is 17.4. The molecular weight excluding hydrogens is 274 g/mol. The van der Waals surface area contributed by atoms with E-state index in [-0.39, 0.29) is 19.1 Å². The SMILES string of the molecule is CCC(CO)NC(CC(=O)O)C(O)c1ccc(OC)cc1. The number of benzene rings is 1.